The quantitative estimate of drug-likeness (QED) is 0.864. The van der Waals surface area contributed by atoms with E-state index < -0.39 is 15.8 Å². The highest BCUT2D eigenvalue weighted by atomic mass is 79.9. The molecule has 0 amide bonds. The normalized spacial score (nSPS) is 20.7. The Morgan fingerprint density at radius 1 is 1.52 bits per heavy atom. The van der Waals surface area contributed by atoms with E-state index in [0.29, 0.717) is 17.4 Å². The standard InChI is InChI=1S/C13H18BrFN2O3S/c1-20-11-3-2-4-17(8-11)21(18,19)12-6-10(14)5-9(7-16)13(12)15/h5-6,11H,2-4,7-8,16H2,1H3. The minimum Gasteiger partial charge on any atom is -0.380 e. The van der Waals surface area contributed by atoms with Crippen molar-refractivity contribution >= 4 is 26.0 Å². The summed E-state index contributed by atoms with van der Waals surface area (Å²) in [5.74, 6) is -0.778. The predicted molar refractivity (Wildman–Crippen MR) is 80.8 cm³/mol. The number of benzene rings is 1. The summed E-state index contributed by atoms with van der Waals surface area (Å²) in [6.45, 7) is 0.545. The van der Waals surface area contributed by atoms with Gasteiger partial charge in [-0.1, -0.05) is 15.9 Å². The Balaban J connectivity index is 2.42. The third kappa shape index (κ3) is 3.45. The van der Waals surface area contributed by atoms with Crippen molar-refractivity contribution in [3.05, 3.63) is 28.0 Å². The molecule has 1 unspecified atom stereocenters. The highest BCUT2D eigenvalue weighted by Crippen LogP contribution is 2.28. The van der Waals surface area contributed by atoms with Crippen LogP contribution in [-0.2, 0) is 21.3 Å². The van der Waals surface area contributed by atoms with E-state index in [1.54, 1.807) is 7.11 Å². The third-order valence-electron chi connectivity index (χ3n) is 3.59. The first-order chi connectivity index (χ1) is 9.90. The SMILES string of the molecule is COC1CCCN(S(=O)(=O)c2cc(Br)cc(CN)c2F)C1. The lowest BCUT2D eigenvalue weighted by Gasteiger charge is -2.31. The molecule has 0 aromatic heterocycles. The zero-order valence-electron chi connectivity index (χ0n) is 11.7. The molecule has 1 fully saturated rings. The molecule has 0 bridgehead atoms. The van der Waals surface area contributed by atoms with E-state index in [-0.39, 0.29) is 29.7 Å². The summed E-state index contributed by atoms with van der Waals surface area (Å²) in [6.07, 6.45) is 1.34. The van der Waals surface area contributed by atoms with Gasteiger partial charge in [-0.05, 0) is 25.0 Å². The van der Waals surface area contributed by atoms with Gasteiger partial charge in [0.15, 0.2) is 0 Å². The van der Waals surface area contributed by atoms with Crippen LogP contribution >= 0.6 is 15.9 Å². The molecule has 0 aliphatic carbocycles. The summed E-state index contributed by atoms with van der Waals surface area (Å²) in [5.41, 5.74) is 5.63. The monoisotopic (exact) mass is 380 g/mol. The first kappa shape index (κ1) is 16.8. The molecule has 1 atom stereocenters. The van der Waals surface area contributed by atoms with Crippen LogP contribution in [0, 0.1) is 5.82 Å². The maximum Gasteiger partial charge on any atom is 0.246 e. The fraction of sp³-hybridized carbons (Fsp3) is 0.538. The Hall–Kier alpha value is -0.540. The third-order valence-corrected chi connectivity index (χ3v) is 5.91. The molecule has 1 aromatic rings. The summed E-state index contributed by atoms with van der Waals surface area (Å²) in [4.78, 5) is -0.339. The van der Waals surface area contributed by atoms with E-state index >= 15 is 0 Å². The fourth-order valence-electron chi connectivity index (χ4n) is 2.41. The van der Waals surface area contributed by atoms with E-state index in [1.165, 1.54) is 16.4 Å². The highest BCUT2D eigenvalue weighted by molar-refractivity contribution is 9.10. The number of halogens is 2. The van der Waals surface area contributed by atoms with Crippen molar-refractivity contribution in [2.75, 3.05) is 20.2 Å². The molecule has 0 saturated carbocycles. The number of sulfonamides is 1. The topological polar surface area (TPSA) is 72.6 Å². The molecule has 1 aliphatic heterocycles. The Morgan fingerprint density at radius 2 is 2.24 bits per heavy atom. The molecule has 1 saturated heterocycles. The van der Waals surface area contributed by atoms with Crippen molar-refractivity contribution in [1.82, 2.24) is 4.31 Å². The number of nitrogens with two attached hydrogens (primary N) is 1. The van der Waals surface area contributed by atoms with Crippen LogP contribution in [0.4, 0.5) is 4.39 Å². The summed E-state index contributed by atoms with van der Waals surface area (Å²) in [7, 11) is -2.35. The van der Waals surface area contributed by atoms with Crippen molar-refractivity contribution in [1.29, 1.82) is 0 Å². The van der Waals surface area contributed by atoms with Crippen LogP contribution in [0.15, 0.2) is 21.5 Å². The van der Waals surface area contributed by atoms with Gasteiger partial charge in [0.1, 0.15) is 10.7 Å². The maximum atomic E-state index is 14.3. The Morgan fingerprint density at radius 3 is 2.86 bits per heavy atom. The molecular weight excluding hydrogens is 363 g/mol. The van der Waals surface area contributed by atoms with Crippen LogP contribution in [0.2, 0.25) is 0 Å². The van der Waals surface area contributed by atoms with Crippen molar-refractivity contribution in [2.24, 2.45) is 5.73 Å². The van der Waals surface area contributed by atoms with Crippen LogP contribution in [-0.4, -0.2) is 39.0 Å². The second-order valence-electron chi connectivity index (χ2n) is 4.94. The molecule has 21 heavy (non-hydrogen) atoms. The first-order valence-electron chi connectivity index (χ1n) is 6.61. The van der Waals surface area contributed by atoms with Crippen LogP contribution in [0.3, 0.4) is 0 Å². The van der Waals surface area contributed by atoms with E-state index in [1.807, 2.05) is 0 Å². The van der Waals surface area contributed by atoms with Gasteiger partial charge in [-0.2, -0.15) is 4.31 Å². The summed E-state index contributed by atoms with van der Waals surface area (Å²) in [5, 5.41) is 0. The van der Waals surface area contributed by atoms with Gasteiger partial charge in [-0.25, -0.2) is 12.8 Å². The molecule has 0 radical (unpaired) electrons. The lowest BCUT2D eigenvalue weighted by atomic mass is 10.1. The van der Waals surface area contributed by atoms with Crippen molar-refractivity contribution in [3.63, 3.8) is 0 Å². The lowest BCUT2D eigenvalue weighted by Crippen LogP contribution is -2.43. The van der Waals surface area contributed by atoms with Crippen LogP contribution in [0.25, 0.3) is 0 Å². The lowest BCUT2D eigenvalue weighted by molar-refractivity contribution is 0.0571. The average Bonchev–Trinajstić information content (AvgIpc) is 2.49. The van der Waals surface area contributed by atoms with E-state index in [4.69, 9.17) is 10.5 Å². The number of nitrogens with zero attached hydrogens (tertiary/aromatic N) is 1. The number of ether oxygens (including phenoxy) is 1. The van der Waals surface area contributed by atoms with Crippen molar-refractivity contribution < 1.29 is 17.5 Å². The van der Waals surface area contributed by atoms with Gasteiger partial charge in [0.25, 0.3) is 0 Å². The summed E-state index contributed by atoms with van der Waals surface area (Å²) in [6, 6.07) is 2.77. The molecule has 1 aromatic carbocycles. The van der Waals surface area contributed by atoms with Crippen LogP contribution < -0.4 is 5.73 Å². The zero-order valence-corrected chi connectivity index (χ0v) is 14.1. The van der Waals surface area contributed by atoms with Gasteiger partial charge in [0.2, 0.25) is 10.0 Å². The Labute approximate surface area is 132 Å². The smallest absolute Gasteiger partial charge is 0.246 e. The number of piperidine rings is 1. The number of hydrogen-bond donors (Lipinski definition) is 1. The van der Waals surface area contributed by atoms with Gasteiger partial charge in [0, 0.05) is 36.8 Å². The Bertz CT molecular complexity index is 624. The molecular formula is C13H18BrFN2O3S. The van der Waals surface area contributed by atoms with Crippen molar-refractivity contribution in [3.8, 4) is 0 Å². The van der Waals surface area contributed by atoms with E-state index in [0.717, 1.165) is 6.42 Å². The minimum absolute atomic E-state index is 0.0610. The van der Waals surface area contributed by atoms with Gasteiger partial charge in [-0.15, -0.1) is 0 Å². The fourth-order valence-corrected chi connectivity index (χ4v) is 4.71. The summed E-state index contributed by atoms with van der Waals surface area (Å²) >= 11 is 3.20. The number of hydrogen-bond acceptors (Lipinski definition) is 4. The first-order valence-corrected chi connectivity index (χ1v) is 8.84. The molecule has 1 heterocycles. The minimum atomic E-state index is -3.90. The second-order valence-corrected chi connectivity index (χ2v) is 7.77. The predicted octanol–water partition coefficient (Wildman–Crippen LogP) is 1.85. The largest absolute Gasteiger partial charge is 0.380 e. The molecule has 2 rings (SSSR count). The van der Waals surface area contributed by atoms with Gasteiger partial charge >= 0.3 is 0 Å². The van der Waals surface area contributed by atoms with Gasteiger partial charge in [-0.3, -0.25) is 0 Å². The molecule has 0 spiro atoms. The second kappa shape index (κ2) is 6.70. The Kier molecular flexibility index (Phi) is 5.37. The average molecular weight is 381 g/mol. The number of methoxy groups -OCH3 is 1. The molecule has 1 aliphatic rings. The summed E-state index contributed by atoms with van der Waals surface area (Å²) < 4.78 is 46.6. The van der Waals surface area contributed by atoms with Crippen LogP contribution in [0.1, 0.15) is 18.4 Å². The van der Waals surface area contributed by atoms with Crippen LogP contribution in [0.5, 0.6) is 0 Å². The number of rotatable bonds is 4. The van der Waals surface area contributed by atoms with Gasteiger partial charge < -0.3 is 10.5 Å². The zero-order chi connectivity index (χ0) is 15.6. The molecule has 8 heteroatoms. The highest BCUT2D eigenvalue weighted by Gasteiger charge is 2.33. The molecule has 5 nitrogen and oxygen atoms in total. The van der Waals surface area contributed by atoms with E-state index in [9.17, 15) is 12.8 Å². The molecule has 118 valence electrons. The molecule has 2 N–H and O–H groups in total. The van der Waals surface area contributed by atoms with Crippen molar-refractivity contribution in [2.45, 2.75) is 30.4 Å². The maximum absolute atomic E-state index is 14.3. The van der Waals surface area contributed by atoms with Gasteiger partial charge in [0.05, 0.1) is 6.10 Å². The van der Waals surface area contributed by atoms with E-state index in [2.05, 4.69) is 15.9 Å².